The third-order valence-electron chi connectivity index (χ3n) is 1.74. The number of nitrogens with one attached hydrogen (secondary N) is 2. The van der Waals surface area contributed by atoms with Gasteiger partial charge in [0.1, 0.15) is 5.82 Å². The van der Waals surface area contributed by atoms with E-state index in [0.29, 0.717) is 12.2 Å². The maximum atomic E-state index is 11.4. The van der Waals surface area contributed by atoms with Gasteiger partial charge in [-0.3, -0.25) is 9.89 Å². The number of amides is 1. The van der Waals surface area contributed by atoms with Crippen molar-refractivity contribution in [1.29, 1.82) is 0 Å². The molecule has 0 aliphatic rings. The first-order chi connectivity index (χ1) is 7.42. The molecular formula is C7H13N5O3S. The molecule has 1 heterocycles. The highest BCUT2D eigenvalue weighted by atomic mass is 32.2. The van der Waals surface area contributed by atoms with Gasteiger partial charge in [-0.05, 0) is 0 Å². The molecule has 0 aliphatic heterocycles. The monoisotopic (exact) mass is 247 g/mol. The summed E-state index contributed by atoms with van der Waals surface area (Å²) in [6, 6.07) is 0. The Labute approximate surface area is 92.7 Å². The van der Waals surface area contributed by atoms with Crippen LogP contribution in [0.1, 0.15) is 23.4 Å². The molecule has 0 bridgehead atoms. The van der Waals surface area contributed by atoms with Crippen molar-refractivity contribution >= 4 is 15.9 Å². The standard InChI is InChI=1S/C7H13N5O3S/c1-2-5-10-6(12-11-5)7(13)9-3-4-16(8,14)15/h2-4H2,1H3,(H,9,13)(H2,8,14,15)(H,10,11,12). The number of carbonyl (C=O) groups is 1. The Bertz CT molecular complexity index is 466. The zero-order valence-corrected chi connectivity index (χ0v) is 9.54. The van der Waals surface area contributed by atoms with E-state index in [2.05, 4.69) is 20.5 Å². The fraction of sp³-hybridized carbons (Fsp3) is 0.571. The SMILES string of the molecule is CCc1nc(C(=O)NCCS(N)(=O)=O)n[nH]1. The van der Waals surface area contributed by atoms with Gasteiger partial charge in [-0.15, -0.1) is 5.10 Å². The number of nitrogens with two attached hydrogens (primary N) is 1. The van der Waals surface area contributed by atoms with Crippen molar-refractivity contribution in [2.75, 3.05) is 12.3 Å². The number of hydrogen-bond acceptors (Lipinski definition) is 5. The first kappa shape index (κ1) is 12.6. The van der Waals surface area contributed by atoms with Crippen LogP contribution in [0.4, 0.5) is 0 Å². The van der Waals surface area contributed by atoms with Gasteiger partial charge in [-0.25, -0.2) is 18.5 Å². The summed E-state index contributed by atoms with van der Waals surface area (Å²) in [4.78, 5) is 15.3. The maximum Gasteiger partial charge on any atom is 0.290 e. The van der Waals surface area contributed by atoms with Crippen molar-refractivity contribution in [3.8, 4) is 0 Å². The first-order valence-corrected chi connectivity index (χ1v) is 6.34. The Kier molecular flexibility index (Phi) is 3.96. The average molecular weight is 247 g/mol. The lowest BCUT2D eigenvalue weighted by Gasteiger charge is -2.00. The van der Waals surface area contributed by atoms with Crippen LogP contribution in [0.25, 0.3) is 0 Å². The van der Waals surface area contributed by atoms with E-state index in [9.17, 15) is 13.2 Å². The molecule has 0 saturated heterocycles. The smallest absolute Gasteiger partial charge is 0.290 e. The summed E-state index contributed by atoms with van der Waals surface area (Å²) in [5.41, 5.74) is 0. The second-order valence-corrected chi connectivity index (χ2v) is 4.82. The Morgan fingerprint density at radius 2 is 2.25 bits per heavy atom. The number of sulfonamides is 1. The number of H-pyrrole nitrogens is 1. The molecule has 1 rings (SSSR count). The van der Waals surface area contributed by atoms with E-state index < -0.39 is 15.9 Å². The normalized spacial score (nSPS) is 11.4. The van der Waals surface area contributed by atoms with E-state index in [1.807, 2.05) is 6.92 Å². The minimum absolute atomic E-state index is 0.00808. The van der Waals surface area contributed by atoms with Crippen molar-refractivity contribution in [1.82, 2.24) is 20.5 Å². The van der Waals surface area contributed by atoms with E-state index in [1.165, 1.54) is 0 Å². The molecule has 0 atom stereocenters. The second kappa shape index (κ2) is 5.03. The number of hydrogen-bond donors (Lipinski definition) is 3. The van der Waals surface area contributed by atoms with Gasteiger partial charge >= 0.3 is 0 Å². The number of aromatic amines is 1. The van der Waals surface area contributed by atoms with E-state index >= 15 is 0 Å². The summed E-state index contributed by atoms with van der Waals surface area (Å²) >= 11 is 0. The summed E-state index contributed by atoms with van der Waals surface area (Å²) in [6.07, 6.45) is 0.636. The van der Waals surface area contributed by atoms with Gasteiger partial charge in [0.2, 0.25) is 15.8 Å². The molecule has 0 aliphatic carbocycles. The van der Waals surface area contributed by atoms with Gasteiger partial charge in [0, 0.05) is 13.0 Å². The quantitative estimate of drug-likeness (QED) is 0.575. The molecule has 1 aromatic heterocycles. The topological polar surface area (TPSA) is 131 Å². The van der Waals surface area contributed by atoms with Crippen LogP contribution < -0.4 is 10.5 Å². The maximum absolute atomic E-state index is 11.4. The molecule has 1 amide bonds. The van der Waals surface area contributed by atoms with Crippen molar-refractivity contribution in [3.63, 3.8) is 0 Å². The van der Waals surface area contributed by atoms with Crippen molar-refractivity contribution in [3.05, 3.63) is 11.6 Å². The highest BCUT2D eigenvalue weighted by molar-refractivity contribution is 7.89. The lowest BCUT2D eigenvalue weighted by atomic mass is 10.5. The van der Waals surface area contributed by atoms with Crippen molar-refractivity contribution < 1.29 is 13.2 Å². The van der Waals surface area contributed by atoms with Crippen LogP contribution in [0.5, 0.6) is 0 Å². The lowest BCUT2D eigenvalue weighted by molar-refractivity contribution is 0.0946. The predicted molar refractivity (Wildman–Crippen MR) is 56.1 cm³/mol. The molecule has 90 valence electrons. The molecule has 0 radical (unpaired) electrons. The van der Waals surface area contributed by atoms with Gasteiger partial charge in [-0.2, -0.15) is 0 Å². The van der Waals surface area contributed by atoms with Gasteiger partial charge in [0.05, 0.1) is 5.75 Å². The molecule has 9 heteroatoms. The molecule has 8 nitrogen and oxygen atoms in total. The Hall–Kier alpha value is -1.48. The van der Waals surface area contributed by atoms with Crippen LogP contribution in [0.2, 0.25) is 0 Å². The third kappa shape index (κ3) is 3.95. The Morgan fingerprint density at radius 1 is 1.56 bits per heavy atom. The molecule has 0 unspecified atom stereocenters. The number of aromatic nitrogens is 3. The van der Waals surface area contributed by atoms with E-state index in [-0.39, 0.29) is 18.1 Å². The van der Waals surface area contributed by atoms with Crippen molar-refractivity contribution in [2.45, 2.75) is 13.3 Å². The first-order valence-electron chi connectivity index (χ1n) is 4.62. The molecule has 0 spiro atoms. The number of rotatable bonds is 5. The average Bonchev–Trinajstić information content (AvgIpc) is 2.63. The molecule has 0 saturated carbocycles. The fourth-order valence-electron chi connectivity index (χ4n) is 0.941. The van der Waals surface area contributed by atoms with E-state index in [0.717, 1.165) is 0 Å². The van der Waals surface area contributed by atoms with Crippen LogP contribution >= 0.6 is 0 Å². The summed E-state index contributed by atoms with van der Waals surface area (Å²) < 4.78 is 21.2. The van der Waals surface area contributed by atoms with Crippen LogP contribution in [0.3, 0.4) is 0 Å². The van der Waals surface area contributed by atoms with Crippen LogP contribution in [0.15, 0.2) is 0 Å². The molecule has 1 aromatic rings. The van der Waals surface area contributed by atoms with Crippen LogP contribution in [0, 0.1) is 0 Å². The number of carbonyl (C=O) groups excluding carboxylic acids is 1. The number of primary sulfonamides is 1. The largest absolute Gasteiger partial charge is 0.348 e. The van der Waals surface area contributed by atoms with E-state index in [4.69, 9.17) is 5.14 Å². The van der Waals surface area contributed by atoms with Crippen LogP contribution in [-0.2, 0) is 16.4 Å². The number of aryl methyl sites for hydroxylation is 1. The van der Waals surface area contributed by atoms with Gasteiger partial charge in [0.15, 0.2) is 0 Å². The predicted octanol–water partition coefficient (Wildman–Crippen LogP) is -1.61. The summed E-state index contributed by atoms with van der Waals surface area (Å²) in [5.74, 6) is -0.258. The third-order valence-corrected chi connectivity index (χ3v) is 2.51. The zero-order chi connectivity index (χ0) is 12.2. The molecule has 16 heavy (non-hydrogen) atoms. The minimum atomic E-state index is -3.56. The van der Waals surface area contributed by atoms with Gasteiger partial charge in [0.25, 0.3) is 5.91 Å². The zero-order valence-electron chi connectivity index (χ0n) is 8.73. The van der Waals surface area contributed by atoms with Gasteiger partial charge < -0.3 is 5.32 Å². The minimum Gasteiger partial charge on any atom is -0.348 e. The summed E-state index contributed by atoms with van der Waals surface area (Å²) in [5, 5.41) is 13.4. The summed E-state index contributed by atoms with van der Waals surface area (Å²) in [7, 11) is -3.56. The Morgan fingerprint density at radius 3 is 2.75 bits per heavy atom. The Balaban J connectivity index is 2.47. The number of nitrogens with zero attached hydrogens (tertiary/aromatic N) is 2. The summed E-state index contributed by atoms with van der Waals surface area (Å²) in [6.45, 7) is 1.80. The molecule has 0 aromatic carbocycles. The van der Waals surface area contributed by atoms with Crippen LogP contribution in [-0.4, -0.2) is 41.8 Å². The second-order valence-electron chi connectivity index (χ2n) is 3.08. The van der Waals surface area contributed by atoms with Crippen molar-refractivity contribution in [2.24, 2.45) is 5.14 Å². The fourth-order valence-corrected chi connectivity index (χ4v) is 1.33. The highest BCUT2D eigenvalue weighted by Gasteiger charge is 2.12. The highest BCUT2D eigenvalue weighted by Crippen LogP contribution is 1.93. The molecule has 4 N–H and O–H groups in total. The molecule has 0 fully saturated rings. The lowest BCUT2D eigenvalue weighted by Crippen LogP contribution is -2.32. The van der Waals surface area contributed by atoms with Gasteiger partial charge in [-0.1, -0.05) is 6.92 Å². The van der Waals surface area contributed by atoms with E-state index in [1.54, 1.807) is 0 Å². The molecular weight excluding hydrogens is 234 g/mol.